The summed E-state index contributed by atoms with van der Waals surface area (Å²) in [6.07, 6.45) is 0.608. The van der Waals surface area contributed by atoms with E-state index >= 15 is 0 Å². The average Bonchev–Trinajstić information content (AvgIpc) is 2.97. The highest BCUT2D eigenvalue weighted by atomic mass is 16.5. The maximum atomic E-state index is 11.0. The van der Waals surface area contributed by atoms with Gasteiger partial charge in [0.2, 0.25) is 0 Å². The lowest BCUT2D eigenvalue weighted by Crippen LogP contribution is -2.04. The van der Waals surface area contributed by atoms with Gasteiger partial charge in [0.1, 0.15) is 11.5 Å². The first-order valence-electron chi connectivity index (χ1n) is 13.3. The zero-order valence-corrected chi connectivity index (χ0v) is 22.8. The number of nitrogens with two attached hydrogens (primary N) is 2. The largest absolute Gasteiger partial charge is 0.490 e. The second kappa shape index (κ2) is 14.3. The SMILES string of the molecule is Nc1ccc(Oc2ccc(-c3ccc(Oc4ccc(N)cc4)c(OCCCC(=O)O)c3)cc2OCCCC(=O)O)cc1. The normalized spacial score (nSPS) is 10.6. The Bertz CT molecular complexity index is 1390. The number of carboxylic acids is 2. The van der Waals surface area contributed by atoms with Crippen molar-refractivity contribution in [3.63, 3.8) is 0 Å². The molecule has 0 spiro atoms. The van der Waals surface area contributed by atoms with Gasteiger partial charge in [0, 0.05) is 24.2 Å². The van der Waals surface area contributed by atoms with Gasteiger partial charge in [-0.1, -0.05) is 12.1 Å². The standard InChI is InChI=1S/C32H32N2O8/c33-23-7-11-25(12-8-23)41-27-15-5-21(19-29(27)39-17-1-3-31(35)36)22-6-16-28(42-26-13-9-24(34)10-14-26)30(20-22)40-18-2-4-32(37)38/h5-16,19-20H,1-4,17-18,33-34H2,(H,35,36)(H,37,38). The molecule has 0 radical (unpaired) electrons. The fourth-order valence-electron chi connectivity index (χ4n) is 3.91. The molecule has 218 valence electrons. The molecule has 4 rings (SSSR count). The van der Waals surface area contributed by atoms with Gasteiger partial charge in [-0.2, -0.15) is 0 Å². The highest BCUT2D eigenvalue weighted by molar-refractivity contribution is 5.71. The summed E-state index contributed by atoms with van der Waals surface area (Å²) in [7, 11) is 0. The molecule has 0 heterocycles. The third kappa shape index (κ3) is 8.82. The molecule has 0 aromatic heterocycles. The Morgan fingerprint density at radius 1 is 0.548 bits per heavy atom. The maximum Gasteiger partial charge on any atom is 0.303 e. The minimum absolute atomic E-state index is 0.0219. The van der Waals surface area contributed by atoms with E-state index < -0.39 is 11.9 Å². The lowest BCUT2D eigenvalue weighted by molar-refractivity contribution is -0.138. The minimum Gasteiger partial charge on any atom is -0.490 e. The second-order valence-corrected chi connectivity index (χ2v) is 9.36. The summed E-state index contributed by atoms with van der Waals surface area (Å²) in [6.45, 7) is 0.361. The maximum absolute atomic E-state index is 11.0. The fraction of sp³-hybridized carbons (Fsp3) is 0.188. The summed E-state index contributed by atoms with van der Waals surface area (Å²) in [5.74, 6) is 1.09. The van der Waals surface area contributed by atoms with E-state index in [0.29, 0.717) is 58.7 Å². The van der Waals surface area contributed by atoms with E-state index in [0.717, 1.165) is 11.1 Å². The number of aliphatic carboxylic acids is 2. The second-order valence-electron chi connectivity index (χ2n) is 9.36. The third-order valence-corrected chi connectivity index (χ3v) is 6.02. The molecule has 0 saturated heterocycles. The molecule has 0 atom stereocenters. The van der Waals surface area contributed by atoms with E-state index in [4.69, 9.17) is 40.6 Å². The van der Waals surface area contributed by atoms with Gasteiger partial charge in [0.15, 0.2) is 23.0 Å². The van der Waals surface area contributed by atoms with Crippen molar-refractivity contribution < 1.29 is 38.7 Å². The monoisotopic (exact) mass is 572 g/mol. The topological polar surface area (TPSA) is 164 Å². The van der Waals surface area contributed by atoms with Crippen molar-refractivity contribution in [1.82, 2.24) is 0 Å². The molecule has 0 aliphatic carbocycles. The molecule has 6 N–H and O–H groups in total. The number of carbonyl (C=O) groups is 2. The van der Waals surface area contributed by atoms with Crippen LogP contribution in [0.5, 0.6) is 34.5 Å². The van der Waals surface area contributed by atoms with Gasteiger partial charge in [-0.3, -0.25) is 9.59 Å². The van der Waals surface area contributed by atoms with Crippen LogP contribution in [0.3, 0.4) is 0 Å². The van der Waals surface area contributed by atoms with E-state index in [2.05, 4.69) is 0 Å². The van der Waals surface area contributed by atoms with Gasteiger partial charge in [0.25, 0.3) is 0 Å². The van der Waals surface area contributed by atoms with Crippen LogP contribution in [0.15, 0.2) is 84.9 Å². The van der Waals surface area contributed by atoms with Crippen molar-refractivity contribution in [2.75, 3.05) is 24.7 Å². The molecule has 0 amide bonds. The number of hydrogen-bond donors (Lipinski definition) is 4. The van der Waals surface area contributed by atoms with Crippen molar-refractivity contribution in [2.45, 2.75) is 25.7 Å². The van der Waals surface area contributed by atoms with Crippen LogP contribution < -0.4 is 30.4 Å². The molecule has 10 nitrogen and oxygen atoms in total. The zero-order chi connectivity index (χ0) is 29.9. The molecule has 0 saturated carbocycles. The number of anilines is 2. The minimum atomic E-state index is -0.900. The van der Waals surface area contributed by atoms with Crippen LogP contribution in [0.1, 0.15) is 25.7 Å². The van der Waals surface area contributed by atoms with Crippen molar-refractivity contribution >= 4 is 23.3 Å². The van der Waals surface area contributed by atoms with E-state index in [1.165, 1.54) is 0 Å². The third-order valence-electron chi connectivity index (χ3n) is 6.02. The molecule has 0 bridgehead atoms. The number of benzene rings is 4. The number of hydrogen-bond acceptors (Lipinski definition) is 8. The summed E-state index contributed by atoms with van der Waals surface area (Å²) >= 11 is 0. The molecule has 4 aromatic rings. The predicted octanol–water partition coefficient (Wildman–Crippen LogP) is 6.59. The lowest BCUT2D eigenvalue weighted by atomic mass is 10.0. The average molecular weight is 573 g/mol. The quantitative estimate of drug-likeness (QED) is 0.0902. The van der Waals surface area contributed by atoms with E-state index in [-0.39, 0.29) is 26.1 Å². The zero-order valence-electron chi connectivity index (χ0n) is 22.8. The van der Waals surface area contributed by atoms with Crippen molar-refractivity contribution in [2.24, 2.45) is 0 Å². The first-order chi connectivity index (χ1) is 20.3. The predicted molar refractivity (Wildman–Crippen MR) is 158 cm³/mol. The Morgan fingerprint density at radius 3 is 1.29 bits per heavy atom. The first-order valence-corrected chi connectivity index (χ1v) is 13.3. The van der Waals surface area contributed by atoms with Crippen LogP contribution in [-0.2, 0) is 9.59 Å². The summed E-state index contributed by atoms with van der Waals surface area (Å²) < 4.78 is 24.0. The lowest BCUT2D eigenvalue weighted by Gasteiger charge is -2.16. The highest BCUT2D eigenvalue weighted by Crippen LogP contribution is 2.40. The van der Waals surface area contributed by atoms with E-state index in [1.54, 1.807) is 72.8 Å². The fourth-order valence-corrected chi connectivity index (χ4v) is 3.91. The van der Waals surface area contributed by atoms with Crippen LogP contribution in [0.25, 0.3) is 11.1 Å². The van der Waals surface area contributed by atoms with E-state index in [9.17, 15) is 9.59 Å². The molecule has 10 heteroatoms. The number of carboxylic acid groups (broad SMARTS) is 2. The molecular formula is C32H32N2O8. The Hall–Kier alpha value is -5.38. The Labute approximate surface area is 243 Å². The van der Waals surface area contributed by atoms with Crippen LogP contribution >= 0.6 is 0 Å². The molecule has 0 fully saturated rings. The number of rotatable bonds is 15. The molecular weight excluding hydrogens is 540 g/mol. The van der Waals surface area contributed by atoms with Crippen molar-refractivity contribution in [3.8, 4) is 45.6 Å². The Balaban J connectivity index is 1.62. The summed E-state index contributed by atoms with van der Waals surface area (Å²) in [4.78, 5) is 21.9. The Kier molecular flexibility index (Phi) is 10.1. The molecule has 4 aromatic carbocycles. The van der Waals surface area contributed by atoms with E-state index in [1.807, 2.05) is 12.1 Å². The Morgan fingerprint density at radius 2 is 0.929 bits per heavy atom. The van der Waals surface area contributed by atoms with Crippen molar-refractivity contribution in [3.05, 3.63) is 84.9 Å². The molecule has 0 aliphatic rings. The van der Waals surface area contributed by atoms with Crippen LogP contribution in [0, 0.1) is 0 Å². The van der Waals surface area contributed by atoms with Gasteiger partial charge in [0.05, 0.1) is 13.2 Å². The smallest absolute Gasteiger partial charge is 0.303 e. The van der Waals surface area contributed by atoms with Gasteiger partial charge in [-0.05, 0) is 96.8 Å². The van der Waals surface area contributed by atoms with Crippen LogP contribution in [-0.4, -0.2) is 35.4 Å². The molecule has 42 heavy (non-hydrogen) atoms. The van der Waals surface area contributed by atoms with Crippen LogP contribution in [0.4, 0.5) is 11.4 Å². The van der Waals surface area contributed by atoms with Gasteiger partial charge >= 0.3 is 11.9 Å². The van der Waals surface area contributed by atoms with Gasteiger partial charge < -0.3 is 40.6 Å². The van der Waals surface area contributed by atoms with Gasteiger partial charge in [-0.25, -0.2) is 0 Å². The summed E-state index contributed by atoms with van der Waals surface area (Å²) in [5.41, 5.74) is 14.3. The summed E-state index contributed by atoms with van der Waals surface area (Å²) in [6, 6.07) is 24.7. The van der Waals surface area contributed by atoms with Gasteiger partial charge in [-0.15, -0.1) is 0 Å². The van der Waals surface area contributed by atoms with Crippen LogP contribution in [0.2, 0.25) is 0 Å². The highest BCUT2D eigenvalue weighted by Gasteiger charge is 2.14. The molecule has 0 unspecified atom stereocenters. The first kappa shape index (κ1) is 29.6. The summed E-state index contributed by atoms with van der Waals surface area (Å²) in [5, 5.41) is 18.0. The van der Waals surface area contributed by atoms with Crippen molar-refractivity contribution in [1.29, 1.82) is 0 Å². The number of nitrogen functional groups attached to an aromatic ring is 2. The molecule has 0 aliphatic heterocycles. The number of ether oxygens (including phenoxy) is 4.